The molecule has 0 radical (unpaired) electrons. The second-order valence-electron chi connectivity index (χ2n) is 10.7. The Morgan fingerprint density at radius 2 is 1.12 bits per heavy atom. The van der Waals surface area contributed by atoms with E-state index in [9.17, 15) is 4.79 Å². The zero-order valence-electron chi connectivity index (χ0n) is 31.1. The number of aliphatic hydroxyl groups is 1. The Morgan fingerprint density at radius 1 is 0.653 bits per heavy atom. The highest BCUT2D eigenvalue weighted by Gasteiger charge is 2.09. The molecule has 280 valence electrons. The van der Waals surface area contributed by atoms with Gasteiger partial charge in [0.25, 0.3) is 0 Å². The lowest BCUT2D eigenvalue weighted by molar-refractivity contribution is -0.108. The molecule has 0 saturated carbocycles. The summed E-state index contributed by atoms with van der Waals surface area (Å²) in [6.45, 7) is 13.8. The molecule has 0 saturated heterocycles. The largest absolute Gasteiger partial charge is 0.498 e. The number of ether oxygens (including phenoxy) is 9. The van der Waals surface area contributed by atoms with Crippen LogP contribution in [0.25, 0.3) is 5.57 Å². The van der Waals surface area contributed by atoms with Crippen LogP contribution in [0.4, 0.5) is 0 Å². The molecule has 0 heterocycles. The molecular weight excluding hydrogens is 632 g/mol. The maximum atomic E-state index is 10.6. The molecule has 0 aliphatic rings. The van der Waals surface area contributed by atoms with Crippen LogP contribution in [0.1, 0.15) is 70.4 Å². The predicted octanol–water partition coefficient (Wildman–Crippen LogP) is 6.73. The molecule has 0 spiro atoms. The third kappa shape index (κ3) is 22.1. The number of aliphatic hydroxyl groups excluding tert-OH is 1. The topological polar surface area (TPSA) is 120 Å². The number of carbonyl (C=O) groups excluding carboxylic acids is 1. The van der Waals surface area contributed by atoms with Gasteiger partial charge in [-0.05, 0) is 60.7 Å². The molecular formula is C38H62O11. The number of benzene rings is 2. The van der Waals surface area contributed by atoms with Gasteiger partial charge in [-0.3, -0.25) is 0 Å². The summed E-state index contributed by atoms with van der Waals surface area (Å²) in [6.07, 6.45) is 7.17. The van der Waals surface area contributed by atoms with Gasteiger partial charge in [0.1, 0.15) is 12.9 Å². The lowest BCUT2D eigenvalue weighted by Gasteiger charge is -2.10. The third-order valence-electron chi connectivity index (χ3n) is 6.85. The summed E-state index contributed by atoms with van der Waals surface area (Å²) in [7, 11) is 6.41. The van der Waals surface area contributed by atoms with Gasteiger partial charge in [0.2, 0.25) is 0 Å². The maximum absolute atomic E-state index is 10.6. The number of allylic oxidation sites excluding steroid dienone is 1. The zero-order valence-corrected chi connectivity index (χ0v) is 31.1. The molecule has 11 nitrogen and oxygen atoms in total. The van der Waals surface area contributed by atoms with Crippen molar-refractivity contribution in [3.8, 4) is 23.0 Å². The smallest absolute Gasteiger partial charge is 0.161 e. The summed E-state index contributed by atoms with van der Waals surface area (Å²) in [6, 6.07) is 11.3. The Hall–Kier alpha value is -3.35. The van der Waals surface area contributed by atoms with Crippen LogP contribution in [0.5, 0.6) is 23.0 Å². The van der Waals surface area contributed by atoms with Gasteiger partial charge < -0.3 is 52.5 Å². The van der Waals surface area contributed by atoms with Gasteiger partial charge in [-0.2, -0.15) is 0 Å². The monoisotopic (exact) mass is 694 g/mol. The van der Waals surface area contributed by atoms with E-state index in [4.69, 9.17) is 47.7 Å². The molecule has 0 aliphatic carbocycles. The van der Waals surface area contributed by atoms with Crippen molar-refractivity contribution in [2.75, 3.05) is 94.5 Å². The molecule has 0 bridgehead atoms. The van der Waals surface area contributed by atoms with Crippen molar-refractivity contribution in [1.29, 1.82) is 0 Å². The Morgan fingerprint density at radius 3 is 1.61 bits per heavy atom. The number of methoxy groups -OCH3 is 4. The fraction of sp³-hybridized carbons (Fsp3) is 0.605. The Kier molecular flexibility index (Phi) is 29.7. The minimum Gasteiger partial charge on any atom is -0.498 e. The molecule has 0 aliphatic heterocycles. The maximum Gasteiger partial charge on any atom is 0.161 e. The number of aldehydes is 1. The third-order valence-corrected chi connectivity index (χ3v) is 6.85. The van der Waals surface area contributed by atoms with E-state index in [2.05, 4.69) is 13.8 Å². The quantitative estimate of drug-likeness (QED) is 0.0677. The SMILES string of the molecule is CCCCOCCOCCO.CCCCOCCOCCOC=C(C)c1ccc(OC)c(OC)c1.COc1ccc(C(C)C=O)cc1OC. The first kappa shape index (κ1) is 45.6. The van der Waals surface area contributed by atoms with Gasteiger partial charge >= 0.3 is 0 Å². The van der Waals surface area contributed by atoms with Crippen LogP contribution in [0.3, 0.4) is 0 Å². The fourth-order valence-electron chi connectivity index (χ4n) is 3.86. The van der Waals surface area contributed by atoms with Crippen molar-refractivity contribution in [2.24, 2.45) is 0 Å². The van der Waals surface area contributed by atoms with E-state index < -0.39 is 0 Å². The van der Waals surface area contributed by atoms with Gasteiger partial charge in [-0.15, -0.1) is 0 Å². The van der Waals surface area contributed by atoms with E-state index in [1.54, 1.807) is 40.8 Å². The van der Waals surface area contributed by atoms with Crippen LogP contribution in [-0.2, 0) is 28.5 Å². The van der Waals surface area contributed by atoms with Crippen molar-refractivity contribution in [2.45, 2.75) is 59.3 Å². The molecule has 0 aromatic heterocycles. The normalized spacial score (nSPS) is 11.3. The highest BCUT2D eigenvalue weighted by atomic mass is 16.5. The average molecular weight is 695 g/mol. The van der Waals surface area contributed by atoms with Crippen molar-refractivity contribution >= 4 is 11.9 Å². The number of hydrogen-bond acceptors (Lipinski definition) is 11. The highest BCUT2D eigenvalue weighted by molar-refractivity contribution is 5.66. The molecule has 1 N–H and O–H groups in total. The molecule has 0 fully saturated rings. The average Bonchev–Trinajstić information content (AvgIpc) is 3.14. The molecule has 2 aromatic rings. The highest BCUT2D eigenvalue weighted by Crippen LogP contribution is 2.31. The molecule has 0 amide bonds. The molecule has 2 rings (SSSR count). The Bertz CT molecular complexity index is 1100. The first-order valence-electron chi connectivity index (χ1n) is 17.0. The number of unbranched alkanes of at least 4 members (excludes halogenated alkanes) is 2. The van der Waals surface area contributed by atoms with Crippen molar-refractivity contribution in [3.05, 3.63) is 53.8 Å². The van der Waals surface area contributed by atoms with Gasteiger partial charge in [0, 0.05) is 19.1 Å². The molecule has 1 unspecified atom stereocenters. The van der Waals surface area contributed by atoms with E-state index >= 15 is 0 Å². The molecule has 49 heavy (non-hydrogen) atoms. The molecule has 1 atom stereocenters. The Balaban J connectivity index is 0.000000779. The fourth-order valence-corrected chi connectivity index (χ4v) is 3.86. The number of rotatable bonds is 25. The zero-order chi connectivity index (χ0) is 36.5. The summed E-state index contributed by atoms with van der Waals surface area (Å²) in [5, 5.41) is 8.34. The molecule has 2 aromatic carbocycles. The first-order valence-corrected chi connectivity index (χ1v) is 17.0. The van der Waals surface area contributed by atoms with Crippen molar-refractivity contribution in [3.63, 3.8) is 0 Å². The van der Waals surface area contributed by atoms with Crippen LogP contribution < -0.4 is 18.9 Å². The molecule has 11 heteroatoms. The predicted molar refractivity (Wildman–Crippen MR) is 193 cm³/mol. The summed E-state index contributed by atoms with van der Waals surface area (Å²) in [5.41, 5.74) is 2.97. The van der Waals surface area contributed by atoms with Crippen LogP contribution in [0.15, 0.2) is 42.7 Å². The lowest BCUT2D eigenvalue weighted by Crippen LogP contribution is -2.08. The van der Waals surface area contributed by atoms with E-state index in [1.165, 1.54) is 0 Å². The van der Waals surface area contributed by atoms with Crippen LogP contribution in [-0.4, -0.2) is 106 Å². The van der Waals surface area contributed by atoms with Crippen LogP contribution >= 0.6 is 0 Å². The summed E-state index contributed by atoms with van der Waals surface area (Å²) < 4.78 is 47.4. The number of carbonyl (C=O) groups is 1. The summed E-state index contributed by atoms with van der Waals surface area (Å²) >= 11 is 0. The van der Waals surface area contributed by atoms with E-state index in [0.29, 0.717) is 69.2 Å². The lowest BCUT2D eigenvalue weighted by atomic mass is 10.0. The number of hydrogen-bond donors (Lipinski definition) is 1. The first-order chi connectivity index (χ1) is 23.9. The van der Waals surface area contributed by atoms with Crippen molar-refractivity contribution in [1.82, 2.24) is 0 Å². The second kappa shape index (κ2) is 31.9. The van der Waals surface area contributed by atoms with E-state index in [0.717, 1.165) is 61.9 Å². The standard InChI is InChI=1S/C19H30O5.C11H14O3.C8H18O3/c1-5-6-9-22-10-11-23-12-13-24-15-16(2)17-7-8-18(20-3)19(14-17)21-4;1-8(7-12)9-4-5-10(13-2)11(6-9)14-3;1-2-3-5-10-7-8-11-6-4-9/h7-8,14-15H,5-6,9-13H2,1-4H3;4-8H,1-3H3;9H,2-8H2,1H3. The van der Waals surface area contributed by atoms with Gasteiger partial charge in [-0.1, -0.05) is 45.7 Å². The van der Waals surface area contributed by atoms with E-state index in [-0.39, 0.29) is 12.5 Å². The minimum absolute atomic E-state index is 0.0922. The van der Waals surface area contributed by atoms with Crippen LogP contribution in [0, 0.1) is 0 Å². The minimum atomic E-state index is -0.116. The summed E-state index contributed by atoms with van der Waals surface area (Å²) in [4.78, 5) is 10.6. The van der Waals surface area contributed by atoms with Gasteiger partial charge in [0.05, 0.1) is 80.9 Å². The Labute approximate surface area is 294 Å². The van der Waals surface area contributed by atoms with Gasteiger partial charge in [-0.25, -0.2) is 0 Å². The summed E-state index contributed by atoms with van der Waals surface area (Å²) in [5.74, 6) is 2.63. The van der Waals surface area contributed by atoms with Gasteiger partial charge in [0.15, 0.2) is 23.0 Å². The van der Waals surface area contributed by atoms with Crippen LogP contribution in [0.2, 0.25) is 0 Å². The van der Waals surface area contributed by atoms with E-state index in [1.807, 2.05) is 44.2 Å². The second-order valence-corrected chi connectivity index (χ2v) is 10.7. The van der Waals surface area contributed by atoms with Crippen molar-refractivity contribution < 1.29 is 52.5 Å².